The molecule has 2 rings (SSSR count). The highest BCUT2D eigenvalue weighted by atomic mass is 32.2. The number of nitrogens with one attached hydrogen (secondary N) is 2. The second-order valence-corrected chi connectivity index (χ2v) is 4.66. The van der Waals surface area contributed by atoms with Crippen LogP contribution in [0.2, 0.25) is 0 Å². The summed E-state index contributed by atoms with van der Waals surface area (Å²) in [6.07, 6.45) is 3.08. The molecule has 0 aliphatic carbocycles. The highest BCUT2D eigenvalue weighted by molar-refractivity contribution is 8.03. The van der Waals surface area contributed by atoms with Crippen LogP contribution in [0.1, 0.15) is 19.4 Å². The van der Waals surface area contributed by atoms with Gasteiger partial charge in [0.2, 0.25) is 0 Å². The van der Waals surface area contributed by atoms with Crippen LogP contribution in [-0.4, -0.2) is 18.5 Å². The van der Waals surface area contributed by atoms with E-state index in [9.17, 15) is 0 Å². The summed E-state index contributed by atoms with van der Waals surface area (Å²) < 4.78 is 0. The van der Waals surface area contributed by atoms with Crippen molar-refractivity contribution >= 4 is 11.8 Å². The van der Waals surface area contributed by atoms with E-state index in [1.165, 1.54) is 5.56 Å². The van der Waals surface area contributed by atoms with Gasteiger partial charge >= 0.3 is 0 Å². The zero-order chi connectivity index (χ0) is 12.5. The lowest BCUT2D eigenvalue weighted by molar-refractivity contribution is 0.514. The van der Waals surface area contributed by atoms with Crippen LogP contribution in [0, 0.1) is 0 Å². The van der Waals surface area contributed by atoms with Gasteiger partial charge in [-0.25, -0.2) is 0 Å². The van der Waals surface area contributed by atoms with Gasteiger partial charge in [0.1, 0.15) is 0 Å². The lowest BCUT2D eigenvalue weighted by Crippen LogP contribution is -2.42. The van der Waals surface area contributed by atoms with Gasteiger partial charge in [0.05, 0.1) is 5.37 Å². The highest BCUT2D eigenvalue weighted by Gasteiger charge is 2.21. The molecule has 2 N–H and O–H groups in total. The van der Waals surface area contributed by atoms with E-state index in [0.717, 1.165) is 6.42 Å². The predicted molar refractivity (Wildman–Crippen MR) is 78.0 cm³/mol. The van der Waals surface area contributed by atoms with Gasteiger partial charge in [-0.1, -0.05) is 44.2 Å². The Morgan fingerprint density at radius 2 is 2.00 bits per heavy atom. The quantitative estimate of drug-likeness (QED) is 0.859. The first-order chi connectivity index (χ1) is 8.40. The number of hydrogen-bond donors (Lipinski definition) is 2. The third kappa shape index (κ3) is 4.44. The van der Waals surface area contributed by atoms with Gasteiger partial charge in [-0.2, -0.15) is 0 Å². The molecule has 0 aromatic heterocycles. The lowest BCUT2D eigenvalue weighted by Gasteiger charge is -2.22. The molecule has 3 heteroatoms. The van der Waals surface area contributed by atoms with Crippen molar-refractivity contribution in [2.75, 3.05) is 7.05 Å². The molecule has 0 saturated heterocycles. The van der Waals surface area contributed by atoms with Crippen molar-refractivity contribution in [2.24, 2.45) is 0 Å². The third-order valence-electron chi connectivity index (χ3n) is 2.59. The summed E-state index contributed by atoms with van der Waals surface area (Å²) in [7, 11) is 2.02. The summed E-state index contributed by atoms with van der Waals surface area (Å²) in [5.74, 6) is 0. The molecule has 0 saturated carbocycles. The maximum absolute atomic E-state index is 3.37. The van der Waals surface area contributed by atoms with Gasteiger partial charge in [-0.3, -0.25) is 0 Å². The van der Waals surface area contributed by atoms with E-state index in [0.29, 0.717) is 11.4 Å². The topological polar surface area (TPSA) is 24.1 Å². The molecular weight excluding hydrogens is 228 g/mol. The van der Waals surface area contributed by atoms with Gasteiger partial charge in [-0.05, 0) is 24.4 Å². The normalized spacial score (nSPS) is 19.1. The Kier molecular flexibility index (Phi) is 6.82. The van der Waals surface area contributed by atoms with Gasteiger partial charge in [0.15, 0.2) is 0 Å². The molecule has 0 fully saturated rings. The van der Waals surface area contributed by atoms with Crippen molar-refractivity contribution in [3.8, 4) is 0 Å². The van der Waals surface area contributed by atoms with Crippen LogP contribution in [0.4, 0.5) is 0 Å². The van der Waals surface area contributed by atoms with Crippen LogP contribution < -0.4 is 10.6 Å². The summed E-state index contributed by atoms with van der Waals surface area (Å²) in [4.78, 5) is 0. The standard InChI is InChI=1S/C12H16N2S.C2H6/c1-13-11(12-14-7-8-15-12)9-10-5-3-2-4-6-10;1-2/h2-8,11-14H,9H2,1H3;1-2H3. The summed E-state index contributed by atoms with van der Waals surface area (Å²) in [6, 6.07) is 11.1. The molecule has 1 aliphatic heterocycles. The third-order valence-corrected chi connectivity index (χ3v) is 3.64. The lowest BCUT2D eigenvalue weighted by atomic mass is 10.1. The first-order valence-corrected chi connectivity index (χ1v) is 7.12. The summed E-state index contributed by atoms with van der Waals surface area (Å²) in [5.41, 5.74) is 1.38. The number of rotatable bonds is 4. The number of thioether (sulfide) groups is 1. The van der Waals surface area contributed by atoms with Crippen molar-refractivity contribution < 1.29 is 0 Å². The van der Waals surface area contributed by atoms with E-state index >= 15 is 0 Å². The highest BCUT2D eigenvalue weighted by Crippen LogP contribution is 2.20. The maximum Gasteiger partial charge on any atom is 0.0916 e. The minimum absolute atomic E-state index is 0.454. The maximum atomic E-state index is 3.37. The Morgan fingerprint density at radius 3 is 2.53 bits per heavy atom. The van der Waals surface area contributed by atoms with E-state index < -0.39 is 0 Å². The minimum Gasteiger partial charge on any atom is -0.377 e. The van der Waals surface area contributed by atoms with Gasteiger partial charge < -0.3 is 10.6 Å². The second-order valence-electron chi connectivity index (χ2n) is 3.61. The monoisotopic (exact) mass is 250 g/mol. The molecule has 2 nitrogen and oxygen atoms in total. The van der Waals surface area contributed by atoms with Crippen molar-refractivity contribution in [3.63, 3.8) is 0 Å². The van der Waals surface area contributed by atoms with Crippen LogP contribution in [0.5, 0.6) is 0 Å². The average Bonchev–Trinajstić information content (AvgIpc) is 2.93. The van der Waals surface area contributed by atoms with E-state index in [-0.39, 0.29) is 0 Å². The Hall–Kier alpha value is -0.930. The molecule has 0 bridgehead atoms. The smallest absolute Gasteiger partial charge is 0.0916 e. The Morgan fingerprint density at radius 1 is 1.29 bits per heavy atom. The Labute approximate surface area is 109 Å². The first kappa shape index (κ1) is 14.1. The zero-order valence-corrected chi connectivity index (χ0v) is 11.6. The molecule has 0 amide bonds. The predicted octanol–water partition coefficient (Wildman–Crippen LogP) is 2.98. The number of benzene rings is 1. The fraction of sp³-hybridized carbons (Fsp3) is 0.429. The zero-order valence-electron chi connectivity index (χ0n) is 10.8. The van der Waals surface area contributed by atoms with Crippen molar-refractivity contribution in [2.45, 2.75) is 31.7 Å². The molecule has 1 aliphatic rings. The van der Waals surface area contributed by atoms with Crippen LogP contribution in [0.15, 0.2) is 41.9 Å². The van der Waals surface area contributed by atoms with Gasteiger partial charge in [0.25, 0.3) is 0 Å². The molecule has 1 aromatic carbocycles. The van der Waals surface area contributed by atoms with E-state index in [1.807, 2.05) is 38.9 Å². The average molecular weight is 250 g/mol. The SMILES string of the molecule is CC.CNC(Cc1ccccc1)C1NC=CS1. The largest absolute Gasteiger partial charge is 0.377 e. The van der Waals surface area contributed by atoms with Crippen molar-refractivity contribution in [1.29, 1.82) is 0 Å². The van der Waals surface area contributed by atoms with Crippen molar-refractivity contribution in [1.82, 2.24) is 10.6 Å². The molecule has 1 aromatic rings. The van der Waals surface area contributed by atoms with E-state index in [2.05, 4.69) is 46.4 Å². The van der Waals surface area contributed by atoms with Gasteiger partial charge in [0, 0.05) is 12.2 Å². The molecular formula is C14H22N2S. The fourth-order valence-corrected chi connectivity index (χ4v) is 2.64. The molecule has 94 valence electrons. The summed E-state index contributed by atoms with van der Waals surface area (Å²) in [5, 5.41) is 9.28. The molecule has 17 heavy (non-hydrogen) atoms. The van der Waals surface area contributed by atoms with Crippen molar-refractivity contribution in [3.05, 3.63) is 47.5 Å². The molecule has 0 spiro atoms. The molecule has 2 unspecified atom stereocenters. The van der Waals surface area contributed by atoms with Crippen LogP contribution in [0.25, 0.3) is 0 Å². The second kappa shape index (κ2) is 8.20. The fourth-order valence-electron chi connectivity index (χ4n) is 1.74. The summed E-state index contributed by atoms with van der Waals surface area (Å²) >= 11 is 1.84. The van der Waals surface area contributed by atoms with Gasteiger partial charge in [-0.15, -0.1) is 11.8 Å². The molecule has 0 radical (unpaired) electrons. The Bertz CT molecular complexity index is 316. The summed E-state index contributed by atoms with van der Waals surface area (Å²) in [6.45, 7) is 4.00. The van der Waals surface area contributed by atoms with Crippen LogP contribution >= 0.6 is 11.8 Å². The van der Waals surface area contributed by atoms with E-state index in [4.69, 9.17) is 0 Å². The molecule has 1 heterocycles. The number of hydrogen-bond acceptors (Lipinski definition) is 3. The minimum atomic E-state index is 0.454. The van der Waals surface area contributed by atoms with Crippen LogP contribution in [-0.2, 0) is 6.42 Å². The van der Waals surface area contributed by atoms with Crippen LogP contribution in [0.3, 0.4) is 0 Å². The first-order valence-electron chi connectivity index (χ1n) is 6.18. The molecule has 2 atom stereocenters. The Balaban J connectivity index is 0.000000686. The number of likely N-dealkylation sites (N-methyl/N-ethyl adjacent to an activating group) is 1. The van der Waals surface area contributed by atoms with E-state index in [1.54, 1.807) is 0 Å².